The predicted molar refractivity (Wildman–Crippen MR) is 117 cm³/mol. The summed E-state index contributed by atoms with van der Waals surface area (Å²) >= 11 is 5.98. The number of hydrogen-bond donors (Lipinski definition) is 3. The normalized spacial score (nSPS) is 10.4. The number of rotatable bonds is 8. The highest BCUT2D eigenvalue weighted by molar-refractivity contribution is 6.31. The fourth-order valence-corrected chi connectivity index (χ4v) is 2.91. The lowest BCUT2D eigenvalue weighted by Crippen LogP contribution is -2.21. The number of nitrogens with two attached hydrogens (primary N) is 1. The van der Waals surface area contributed by atoms with Crippen molar-refractivity contribution >= 4 is 40.6 Å². The quantitative estimate of drug-likeness (QED) is 0.486. The minimum absolute atomic E-state index is 0.0632. The first kappa shape index (κ1) is 21.9. The Kier molecular flexibility index (Phi) is 6.93. The van der Waals surface area contributed by atoms with E-state index >= 15 is 0 Å². The summed E-state index contributed by atoms with van der Waals surface area (Å²) in [7, 11) is 1.46. The lowest BCUT2D eigenvalue weighted by atomic mass is 10.2. The second kappa shape index (κ2) is 9.81. The number of para-hydroxylation sites is 2. The molecule has 2 amide bonds. The van der Waals surface area contributed by atoms with Gasteiger partial charge >= 0.3 is 0 Å². The van der Waals surface area contributed by atoms with Gasteiger partial charge in [0.2, 0.25) is 5.91 Å². The molecule has 3 rings (SSSR count). The van der Waals surface area contributed by atoms with Gasteiger partial charge in [-0.3, -0.25) is 9.59 Å². The van der Waals surface area contributed by atoms with Crippen molar-refractivity contribution < 1.29 is 19.1 Å². The fraction of sp³-hybridized carbons (Fsp3) is 0.200. The van der Waals surface area contributed by atoms with Gasteiger partial charge in [-0.2, -0.15) is 0 Å². The van der Waals surface area contributed by atoms with E-state index in [1.54, 1.807) is 36.4 Å². The van der Waals surface area contributed by atoms with Crippen molar-refractivity contribution in [2.45, 2.75) is 13.5 Å². The third kappa shape index (κ3) is 5.23. The highest BCUT2D eigenvalue weighted by atomic mass is 35.5. The van der Waals surface area contributed by atoms with Crippen LogP contribution < -0.4 is 25.8 Å². The molecule has 0 atom stereocenters. The van der Waals surface area contributed by atoms with Crippen LogP contribution in [0.2, 0.25) is 5.02 Å². The van der Waals surface area contributed by atoms with Crippen molar-refractivity contribution in [3.8, 4) is 11.5 Å². The van der Waals surface area contributed by atoms with Gasteiger partial charge in [-0.25, -0.2) is 4.68 Å². The van der Waals surface area contributed by atoms with Crippen molar-refractivity contribution in [1.82, 2.24) is 15.0 Å². The zero-order valence-corrected chi connectivity index (χ0v) is 17.6. The molecule has 2 aromatic carbocycles. The summed E-state index contributed by atoms with van der Waals surface area (Å²) in [5.74, 6) is -0.137. The number of hydrogen-bond acceptors (Lipinski definition) is 7. The van der Waals surface area contributed by atoms with Crippen LogP contribution in [-0.4, -0.2) is 40.5 Å². The molecule has 31 heavy (non-hydrogen) atoms. The van der Waals surface area contributed by atoms with E-state index in [1.807, 2.05) is 6.92 Å². The van der Waals surface area contributed by atoms with E-state index < -0.39 is 11.8 Å². The summed E-state index contributed by atoms with van der Waals surface area (Å²) in [4.78, 5) is 25.0. The van der Waals surface area contributed by atoms with E-state index in [9.17, 15) is 9.59 Å². The van der Waals surface area contributed by atoms with Crippen LogP contribution >= 0.6 is 11.6 Å². The van der Waals surface area contributed by atoms with E-state index in [0.717, 1.165) is 4.68 Å². The summed E-state index contributed by atoms with van der Waals surface area (Å²) in [6.45, 7) is 2.06. The van der Waals surface area contributed by atoms with Crippen molar-refractivity contribution in [1.29, 1.82) is 0 Å². The first-order valence-corrected chi connectivity index (χ1v) is 9.66. The van der Waals surface area contributed by atoms with Gasteiger partial charge < -0.3 is 25.8 Å². The van der Waals surface area contributed by atoms with Gasteiger partial charge in [-0.15, -0.1) is 5.10 Å². The monoisotopic (exact) mass is 444 g/mol. The first-order chi connectivity index (χ1) is 14.9. The molecule has 0 aliphatic carbocycles. The van der Waals surface area contributed by atoms with Crippen LogP contribution in [0.25, 0.3) is 0 Å². The second-order valence-electron chi connectivity index (χ2n) is 6.26. The number of anilines is 3. The van der Waals surface area contributed by atoms with Gasteiger partial charge in [0, 0.05) is 5.02 Å². The number of amides is 2. The predicted octanol–water partition coefficient (Wildman–Crippen LogP) is 2.81. The average molecular weight is 445 g/mol. The number of ether oxygens (including phenoxy) is 2. The minimum Gasteiger partial charge on any atom is -0.495 e. The molecule has 1 aromatic heterocycles. The topological polar surface area (TPSA) is 133 Å². The molecule has 0 spiro atoms. The molecule has 11 heteroatoms. The highest BCUT2D eigenvalue weighted by Crippen LogP contribution is 2.28. The van der Waals surface area contributed by atoms with Crippen LogP contribution in [0.5, 0.6) is 11.5 Å². The summed E-state index contributed by atoms with van der Waals surface area (Å²) in [6.07, 6.45) is 0. The molecule has 0 saturated heterocycles. The number of benzene rings is 2. The lowest BCUT2D eigenvalue weighted by Gasteiger charge is -2.11. The van der Waals surface area contributed by atoms with E-state index in [4.69, 9.17) is 26.8 Å². The standard InChI is InChI=1S/C20H21ClN6O4/c1-3-31-16-7-5-4-6-13(16)23-17(28)11-27-19(22)18(25-26-27)20(29)24-14-10-12(21)8-9-15(14)30-2/h4-10H,3,11,22H2,1-2H3,(H,23,28)(H,24,29). The number of nitrogen functional groups attached to an aromatic ring is 1. The maximum atomic E-state index is 12.6. The van der Waals surface area contributed by atoms with Crippen molar-refractivity contribution in [3.63, 3.8) is 0 Å². The average Bonchev–Trinajstić information content (AvgIpc) is 3.10. The first-order valence-electron chi connectivity index (χ1n) is 9.28. The molecule has 0 bridgehead atoms. The van der Waals surface area contributed by atoms with Gasteiger partial charge in [0.15, 0.2) is 11.5 Å². The van der Waals surface area contributed by atoms with Crippen molar-refractivity contribution in [2.75, 3.05) is 30.1 Å². The van der Waals surface area contributed by atoms with Crippen LogP contribution in [0.3, 0.4) is 0 Å². The maximum Gasteiger partial charge on any atom is 0.280 e. The smallest absolute Gasteiger partial charge is 0.280 e. The number of methoxy groups -OCH3 is 1. The molecule has 162 valence electrons. The minimum atomic E-state index is -0.619. The van der Waals surface area contributed by atoms with Crippen molar-refractivity contribution in [2.24, 2.45) is 0 Å². The van der Waals surface area contributed by atoms with Crippen molar-refractivity contribution in [3.05, 3.63) is 53.2 Å². The number of aromatic nitrogens is 3. The number of halogens is 1. The Labute approximate surface area is 183 Å². The molecule has 0 fully saturated rings. The molecule has 10 nitrogen and oxygen atoms in total. The molecule has 0 aliphatic heterocycles. The third-order valence-corrected chi connectivity index (χ3v) is 4.39. The Bertz CT molecular complexity index is 1100. The zero-order chi connectivity index (χ0) is 22.4. The summed E-state index contributed by atoms with van der Waals surface area (Å²) < 4.78 is 11.8. The SMILES string of the molecule is CCOc1ccccc1NC(=O)Cn1nnc(C(=O)Nc2cc(Cl)ccc2OC)c1N. The van der Waals surface area contributed by atoms with Gasteiger partial charge in [-0.05, 0) is 37.3 Å². The number of carbonyl (C=O) groups excluding carboxylic acids is 2. The second-order valence-corrected chi connectivity index (χ2v) is 6.69. The van der Waals surface area contributed by atoms with Crippen LogP contribution in [0.1, 0.15) is 17.4 Å². The molecule has 0 unspecified atom stereocenters. The molecule has 0 saturated carbocycles. The van der Waals surface area contributed by atoms with E-state index in [2.05, 4.69) is 20.9 Å². The highest BCUT2D eigenvalue weighted by Gasteiger charge is 2.20. The summed E-state index contributed by atoms with van der Waals surface area (Å²) in [6, 6.07) is 11.8. The molecule has 0 aliphatic rings. The zero-order valence-electron chi connectivity index (χ0n) is 16.9. The number of nitrogens with zero attached hydrogens (tertiary/aromatic N) is 3. The molecular formula is C20H21ClN6O4. The molecular weight excluding hydrogens is 424 g/mol. The Hall–Kier alpha value is -3.79. The largest absolute Gasteiger partial charge is 0.495 e. The molecule has 4 N–H and O–H groups in total. The molecule has 3 aromatic rings. The Morgan fingerprint density at radius 1 is 1.13 bits per heavy atom. The van der Waals surface area contributed by atoms with E-state index in [1.165, 1.54) is 13.2 Å². The van der Waals surface area contributed by atoms with E-state index in [0.29, 0.717) is 34.5 Å². The van der Waals surface area contributed by atoms with Crippen LogP contribution in [0.15, 0.2) is 42.5 Å². The van der Waals surface area contributed by atoms with Gasteiger partial charge in [0.05, 0.1) is 25.1 Å². The molecule has 0 radical (unpaired) electrons. The fourth-order valence-electron chi connectivity index (χ4n) is 2.74. The summed E-state index contributed by atoms with van der Waals surface area (Å²) in [5.41, 5.74) is 6.72. The Morgan fingerprint density at radius 2 is 1.90 bits per heavy atom. The molecule has 1 heterocycles. The van der Waals surface area contributed by atoms with Crippen LogP contribution in [0.4, 0.5) is 17.2 Å². The number of carbonyl (C=O) groups is 2. The Morgan fingerprint density at radius 3 is 2.65 bits per heavy atom. The third-order valence-electron chi connectivity index (χ3n) is 4.15. The van der Waals surface area contributed by atoms with Crippen LogP contribution in [0, 0.1) is 0 Å². The number of nitrogens with one attached hydrogen (secondary N) is 2. The van der Waals surface area contributed by atoms with Gasteiger partial charge in [0.1, 0.15) is 18.0 Å². The van der Waals surface area contributed by atoms with Crippen LogP contribution in [-0.2, 0) is 11.3 Å². The maximum absolute atomic E-state index is 12.6. The van der Waals surface area contributed by atoms with Gasteiger partial charge in [-0.1, -0.05) is 28.9 Å². The van der Waals surface area contributed by atoms with E-state index in [-0.39, 0.29) is 18.1 Å². The van der Waals surface area contributed by atoms with Gasteiger partial charge in [0.25, 0.3) is 5.91 Å². The Balaban J connectivity index is 1.71. The lowest BCUT2D eigenvalue weighted by molar-refractivity contribution is -0.116. The summed E-state index contributed by atoms with van der Waals surface area (Å²) in [5, 5.41) is 13.4.